The molecule has 2 heteroatoms. The van der Waals surface area contributed by atoms with Gasteiger partial charge in [0.2, 0.25) is 0 Å². The second-order valence-corrected chi connectivity index (χ2v) is 3.32. The van der Waals surface area contributed by atoms with Gasteiger partial charge in [0.05, 0.1) is 12.2 Å². The molecule has 0 heterocycles. The fourth-order valence-corrected chi connectivity index (χ4v) is 1.02. The van der Waals surface area contributed by atoms with E-state index in [-0.39, 0.29) is 11.8 Å². The molecule has 0 saturated heterocycles. The lowest BCUT2D eigenvalue weighted by atomic mass is 9.90. The van der Waals surface area contributed by atoms with Crippen LogP contribution in [-0.4, -0.2) is 22.4 Å². The van der Waals surface area contributed by atoms with E-state index in [0.717, 1.165) is 0 Å². The van der Waals surface area contributed by atoms with Crippen LogP contribution in [0.5, 0.6) is 0 Å². The first-order valence-electron chi connectivity index (χ1n) is 3.99. The van der Waals surface area contributed by atoms with Gasteiger partial charge in [-0.2, -0.15) is 0 Å². The molecule has 11 heavy (non-hydrogen) atoms. The third-order valence-corrected chi connectivity index (χ3v) is 2.00. The standard InChI is InChI=1S/C9H18O2/c1-5-8(10)7(4)9(11)6(2)3/h5-11H,1H2,2-4H3/t7-,8+,9+/m0/s1. The lowest BCUT2D eigenvalue weighted by Gasteiger charge is -2.24. The minimum absolute atomic E-state index is 0.132. The van der Waals surface area contributed by atoms with Crippen molar-refractivity contribution in [3.05, 3.63) is 12.7 Å². The van der Waals surface area contributed by atoms with Crippen LogP contribution in [0.15, 0.2) is 12.7 Å². The second-order valence-electron chi connectivity index (χ2n) is 3.32. The first-order valence-corrected chi connectivity index (χ1v) is 3.99. The molecule has 0 rings (SSSR count). The molecule has 0 aromatic carbocycles. The molecule has 0 radical (unpaired) electrons. The van der Waals surface area contributed by atoms with Gasteiger partial charge in [0, 0.05) is 5.92 Å². The van der Waals surface area contributed by atoms with Crippen molar-refractivity contribution in [2.45, 2.75) is 33.0 Å². The van der Waals surface area contributed by atoms with Crippen molar-refractivity contribution in [1.29, 1.82) is 0 Å². The van der Waals surface area contributed by atoms with E-state index in [4.69, 9.17) is 0 Å². The molecule has 0 saturated carbocycles. The molecule has 2 nitrogen and oxygen atoms in total. The Labute approximate surface area is 68.6 Å². The molecule has 66 valence electrons. The summed E-state index contributed by atoms with van der Waals surface area (Å²) in [6.45, 7) is 9.13. The summed E-state index contributed by atoms with van der Waals surface area (Å²) in [6.07, 6.45) is 0.395. The minimum Gasteiger partial charge on any atom is -0.392 e. The summed E-state index contributed by atoms with van der Waals surface area (Å²) in [6, 6.07) is 0. The summed E-state index contributed by atoms with van der Waals surface area (Å²) in [5.41, 5.74) is 0. The van der Waals surface area contributed by atoms with Gasteiger partial charge in [-0.05, 0) is 5.92 Å². The molecule has 0 aromatic rings. The topological polar surface area (TPSA) is 40.5 Å². The smallest absolute Gasteiger partial charge is 0.0768 e. The largest absolute Gasteiger partial charge is 0.392 e. The maximum absolute atomic E-state index is 9.49. The van der Waals surface area contributed by atoms with Crippen LogP contribution in [0.4, 0.5) is 0 Å². The molecule has 2 N–H and O–H groups in total. The van der Waals surface area contributed by atoms with Gasteiger partial charge in [-0.1, -0.05) is 26.8 Å². The van der Waals surface area contributed by atoms with E-state index in [9.17, 15) is 10.2 Å². The molecule has 0 unspecified atom stereocenters. The van der Waals surface area contributed by atoms with Gasteiger partial charge in [0.15, 0.2) is 0 Å². The Hall–Kier alpha value is -0.340. The van der Waals surface area contributed by atoms with Crippen molar-refractivity contribution in [1.82, 2.24) is 0 Å². The molecular weight excluding hydrogens is 140 g/mol. The van der Waals surface area contributed by atoms with E-state index >= 15 is 0 Å². The van der Waals surface area contributed by atoms with Crippen molar-refractivity contribution >= 4 is 0 Å². The van der Waals surface area contributed by atoms with Gasteiger partial charge < -0.3 is 10.2 Å². The van der Waals surface area contributed by atoms with Crippen LogP contribution < -0.4 is 0 Å². The third kappa shape index (κ3) is 3.04. The minimum atomic E-state index is -0.604. The summed E-state index contributed by atoms with van der Waals surface area (Å²) in [7, 11) is 0. The summed E-state index contributed by atoms with van der Waals surface area (Å²) >= 11 is 0. The Bertz CT molecular complexity index is 121. The highest BCUT2D eigenvalue weighted by atomic mass is 16.3. The molecular formula is C9H18O2. The van der Waals surface area contributed by atoms with Gasteiger partial charge in [-0.15, -0.1) is 6.58 Å². The van der Waals surface area contributed by atoms with E-state index in [2.05, 4.69) is 6.58 Å². The van der Waals surface area contributed by atoms with E-state index in [0.29, 0.717) is 0 Å². The SMILES string of the molecule is C=C[C@@H](O)[C@H](C)[C@H](O)C(C)C. The Morgan fingerprint density at radius 3 is 1.91 bits per heavy atom. The monoisotopic (exact) mass is 158 g/mol. The lowest BCUT2D eigenvalue weighted by molar-refractivity contribution is 0.0171. The maximum atomic E-state index is 9.49. The molecule has 0 aliphatic rings. The first-order chi connectivity index (χ1) is 5.00. The van der Waals surface area contributed by atoms with Crippen LogP contribution in [0.25, 0.3) is 0 Å². The number of aliphatic hydroxyl groups is 2. The van der Waals surface area contributed by atoms with Gasteiger partial charge in [0.1, 0.15) is 0 Å². The predicted octanol–water partition coefficient (Wildman–Crippen LogP) is 1.19. The first kappa shape index (κ1) is 10.7. The lowest BCUT2D eigenvalue weighted by Crippen LogP contribution is -2.31. The Kier molecular flexibility index (Phi) is 4.38. The van der Waals surface area contributed by atoms with Crippen LogP contribution in [0.2, 0.25) is 0 Å². The predicted molar refractivity (Wildman–Crippen MR) is 46.2 cm³/mol. The van der Waals surface area contributed by atoms with Gasteiger partial charge >= 0.3 is 0 Å². The summed E-state index contributed by atoms with van der Waals surface area (Å²) in [5.74, 6) is 0.0482. The zero-order chi connectivity index (χ0) is 9.02. The molecule has 0 fully saturated rings. The quantitative estimate of drug-likeness (QED) is 0.603. The normalized spacial score (nSPS) is 19.5. The molecule has 0 spiro atoms. The van der Waals surface area contributed by atoms with E-state index in [1.165, 1.54) is 6.08 Å². The number of hydrogen-bond acceptors (Lipinski definition) is 2. The zero-order valence-electron chi connectivity index (χ0n) is 7.49. The number of rotatable bonds is 4. The van der Waals surface area contributed by atoms with Crippen LogP contribution in [0, 0.1) is 11.8 Å². The zero-order valence-corrected chi connectivity index (χ0v) is 7.49. The van der Waals surface area contributed by atoms with Crippen molar-refractivity contribution in [2.24, 2.45) is 11.8 Å². The van der Waals surface area contributed by atoms with Gasteiger partial charge in [0.25, 0.3) is 0 Å². The highest BCUT2D eigenvalue weighted by molar-refractivity contribution is 4.86. The van der Waals surface area contributed by atoms with Crippen molar-refractivity contribution in [3.63, 3.8) is 0 Å². The molecule has 0 aromatic heterocycles. The molecule has 3 atom stereocenters. The molecule has 0 aliphatic carbocycles. The van der Waals surface area contributed by atoms with Crippen molar-refractivity contribution in [3.8, 4) is 0 Å². The van der Waals surface area contributed by atoms with Gasteiger partial charge in [-0.3, -0.25) is 0 Å². The summed E-state index contributed by atoms with van der Waals surface area (Å²) in [5, 5.41) is 18.8. The third-order valence-electron chi connectivity index (χ3n) is 2.00. The Balaban J connectivity index is 4.00. The fourth-order valence-electron chi connectivity index (χ4n) is 1.02. The fraction of sp³-hybridized carbons (Fsp3) is 0.778. The summed E-state index contributed by atoms with van der Waals surface area (Å²) in [4.78, 5) is 0. The Morgan fingerprint density at radius 1 is 1.18 bits per heavy atom. The van der Waals surface area contributed by atoms with E-state index in [1.54, 1.807) is 0 Å². The van der Waals surface area contributed by atoms with Gasteiger partial charge in [-0.25, -0.2) is 0 Å². The maximum Gasteiger partial charge on any atom is 0.0768 e. The van der Waals surface area contributed by atoms with Crippen molar-refractivity contribution < 1.29 is 10.2 Å². The van der Waals surface area contributed by atoms with Crippen LogP contribution in [0.3, 0.4) is 0 Å². The molecule has 0 aliphatic heterocycles. The number of aliphatic hydroxyl groups excluding tert-OH is 2. The Morgan fingerprint density at radius 2 is 1.64 bits per heavy atom. The highest BCUT2D eigenvalue weighted by Gasteiger charge is 2.22. The van der Waals surface area contributed by atoms with E-state index in [1.807, 2.05) is 20.8 Å². The highest BCUT2D eigenvalue weighted by Crippen LogP contribution is 2.16. The average Bonchev–Trinajstić information content (AvgIpc) is 2.00. The number of hydrogen-bond donors (Lipinski definition) is 2. The molecule has 0 bridgehead atoms. The van der Waals surface area contributed by atoms with Crippen LogP contribution in [-0.2, 0) is 0 Å². The average molecular weight is 158 g/mol. The second kappa shape index (κ2) is 4.52. The molecule has 0 amide bonds. The van der Waals surface area contributed by atoms with E-state index < -0.39 is 12.2 Å². The van der Waals surface area contributed by atoms with Crippen LogP contribution in [0.1, 0.15) is 20.8 Å². The summed E-state index contributed by atoms with van der Waals surface area (Å²) < 4.78 is 0. The van der Waals surface area contributed by atoms with Crippen molar-refractivity contribution in [2.75, 3.05) is 0 Å². The van der Waals surface area contributed by atoms with Crippen LogP contribution >= 0.6 is 0 Å².